The molecular weight excluding hydrogens is 302 g/mol. The van der Waals surface area contributed by atoms with Crippen molar-refractivity contribution in [1.29, 1.82) is 5.26 Å². The van der Waals surface area contributed by atoms with Crippen LogP contribution < -0.4 is 0 Å². The van der Waals surface area contributed by atoms with Gasteiger partial charge in [-0.1, -0.05) is 6.42 Å². The van der Waals surface area contributed by atoms with Crippen molar-refractivity contribution < 1.29 is 0 Å². The minimum absolute atomic E-state index is 0.570. The van der Waals surface area contributed by atoms with Crippen molar-refractivity contribution in [2.24, 2.45) is 0 Å². The molecule has 112 valence electrons. The van der Waals surface area contributed by atoms with Crippen molar-refractivity contribution in [2.75, 3.05) is 17.9 Å². The molecule has 5 heteroatoms. The summed E-state index contributed by atoms with van der Waals surface area (Å²) >= 11 is 7.78. The molecule has 0 N–H and O–H groups in total. The number of thioether (sulfide) groups is 1. The highest BCUT2D eigenvalue weighted by Gasteiger charge is 2.10. The van der Waals surface area contributed by atoms with Gasteiger partial charge in [0.2, 0.25) is 0 Å². The molecule has 0 atom stereocenters. The fraction of sp³-hybridized carbons (Fsp3) is 0.500. The fourth-order valence-electron chi connectivity index (χ4n) is 2.46. The number of aryl methyl sites for hydroxylation is 2. The minimum atomic E-state index is 0.570. The van der Waals surface area contributed by atoms with E-state index >= 15 is 0 Å². The van der Waals surface area contributed by atoms with Gasteiger partial charge in [0.15, 0.2) is 0 Å². The molecule has 3 nitrogen and oxygen atoms in total. The number of fused-ring (bicyclic) bond motifs is 1. The third-order valence-corrected chi connectivity index (χ3v) is 4.39. The monoisotopic (exact) mass is 321 g/mol. The van der Waals surface area contributed by atoms with Gasteiger partial charge in [-0.15, -0.1) is 11.6 Å². The first-order chi connectivity index (χ1) is 10.3. The Bertz CT molecular complexity index is 630. The normalized spacial score (nSPS) is 10.9. The molecule has 0 saturated heterocycles. The number of rotatable bonds is 8. The summed E-state index contributed by atoms with van der Waals surface area (Å²) in [6, 6.07) is 7.88. The van der Waals surface area contributed by atoms with E-state index in [0.717, 1.165) is 36.2 Å². The Morgan fingerprint density at radius 3 is 2.90 bits per heavy atom. The third-order valence-electron chi connectivity index (χ3n) is 3.50. The summed E-state index contributed by atoms with van der Waals surface area (Å²) in [5, 5.41) is 9.07. The Balaban J connectivity index is 2.20. The topological polar surface area (TPSA) is 41.6 Å². The van der Waals surface area contributed by atoms with Crippen LogP contribution in [0.15, 0.2) is 18.2 Å². The molecule has 0 unspecified atom stereocenters. The Hall–Kier alpha value is -1.18. The molecular formula is C16H20ClN3S. The molecule has 0 fully saturated rings. The van der Waals surface area contributed by atoms with Gasteiger partial charge in [-0.3, -0.25) is 0 Å². The van der Waals surface area contributed by atoms with E-state index in [-0.39, 0.29) is 0 Å². The second kappa shape index (κ2) is 8.31. The Kier molecular flexibility index (Phi) is 6.41. The highest BCUT2D eigenvalue weighted by Crippen LogP contribution is 2.20. The number of nitriles is 1. The molecule has 0 aliphatic heterocycles. The van der Waals surface area contributed by atoms with Gasteiger partial charge in [0, 0.05) is 18.8 Å². The van der Waals surface area contributed by atoms with Gasteiger partial charge in [-0.05, 0) is 43.0 Å². The van der Waals surface area contributed by atoms with E-state index in [2.05, 4.69) is 21.9 Å². The van der Waals surface area contributed by atoms with Crippen LogP contribution >= 0.6 is 23.4 Å². The summed E-state index contributed by atoms with van der Waals surface area (Å²) < 4.78 is 2.23. The quantitative estimate of drug-likeness (QED) is 0.540. The smallest absolute Gasteiger partial charge is 0.111 e. The molecule has 0 aliphatic carbocycles. The van der Waals surface area contributed by atoms with Gasteiger partial charge in [0.25, 0.3) is 0 Å². The van der Waals surface area contributed by atoms with Crippen molar-refractivity contribution in [3.63, 3.8) is 0 Å². The van der Waals surface area contributed by atoms with E-state index in [1.807, 2.05) is 30.0 Å². The maximum absolute atomic E-state index is 9.07. The molecule has 0 bridgehead atoms. The van der Waals surface area contributed by atoms with Crippen LogP contribution in [-0.2, 0) is 13.0 Å². The Morgan fingerprint density at radius 2 is 2.19 bits per heavy atom. The van der Waals surface area contributed by atoms with Crippen molar-refractivity contribution >= 4 is 34.4 Å². The van der Waals surface area contributed by atoms with Crippen molar-refractivity contribution in [3.8, 4) is 6.07 Å². The predicted octanol–water partition coefficient (Wildman–Crippen LogP) is 4.22. The van der Waals surface area contributed by atoms with E-state index < -0.39 is 0 Å². The SMILES string of the molecule is CSCCCCCn1c(CCCl)nc2ccc(C#N)cc21. The lowest BCUT2D eigenvalue weighted by atomic mass is 10.2. The van der Waals surface area contributed by atoms with Gasteiger partial charge in [-0.25, -0.2) is 4.98 Å². The number of nitrogens with zero attached hydrogens (tertiary/aromatic N) is 3. The number of halogens is 1. The molecule has 0 radical (unpaired) electrons. The van der Waals surface area contributed by atoms with Gasteiger partial charge in [0.1, 0.15) is 5.82 Å². The van der Waals surface area contributed by atoms with Gasteiger partial charge in [-0.2, -0.15) is 17.0 Å². The van der Waals surface area contributed by atoms with Crippen LogP contribution in [0, 0.1) is 11.3 Å². The molecule has 0 amide bonds. The molecule has 21 heavy (non-hydrogen) atoms. The van der Waals surface area contributed by atoms with E-state index in [1.54, 1.807) is 0 Å². The molecule has 0 saturated carbocycles. The van der Waals surface area contributed by atoms with E-state index in [0.29, 0.717) is 11.4 Å². The first-order valence-corrected chi connectivity index (χ1v) is 9.17. The first kappa shape index (κ1) is 16.2. The largest absolute Gasteiger partial charge is 0.328 e. The molecule has 2 aromatic rings. The van der Waals surface area contributed by atoms with Crippen LogP contribution in [0.3, 0.4) is 0 Å². The number of hydrogen-bond donors (Lipinski definition) is 0. The Morgan fingerprint density at radius 1 is 1.33 bits per heavy atom. The molecule has 1 aromatic carbocycles. The lowest BCUT2D eigenvalue weighted by molar-refractivity contribution is 0.596. The number of alkyl halides is 1. The van der Waals surface area contributed by atoms with E-state index in [9.17, 15) is 0 Å². The maximum Gasteiger partial charge on any atom is 0.111 e. The summed E-state index contributed by atoms with van der Waals surface area (Å²) in [5.74, 6) is 2.82. The standard InChI is InChI=1S/C16H20ClN3S/c1-21-10-4-2-3-9-20-15-11-13(12-18)5-6-14(15)19-16(20)7-8-17/h5-6,11H,2-4,7-10H2,1H3. The van der Waals surface area contributed by atoms with Crippen LogP contribution in [0.5, 0.6) is 0 Å². The highest BCUT2D eigenvalue weighted by atomic mass is 35.5. The summed E-state index contributed by atoms with van der Waals surface area (Å²) in [6.07, 6.45) is 6.52. The first-order valence-electron chi connectivity index (χ1n) is 7.24. The average molecular weight is 322 g/mol. The number of benzene rings is 1. The third kappa shape index (κ3) is 4.15. The average Bonchev–Trinajstić information content (AvgIpc) is 2.84. The summed E-state index contributed by atoms with van der Waals surface area (Å²) in [5.41, 5.74) is 2.70. The maximum atomic E-state index is 9.07. The molecule has 0 aliphatic rings. The highest BCUT2D eigenvalue weighted by molar-refractivity contribution is 7.98. The van der Waals surface area contributed by atoms with Crippen molar-refractivity contribution in [3.05, 3.63) is 29.6 Å². The predicted molar refractivity (Wildman–Crippen MR) is 91.1 cm³/mol. The van der Waals surface area contributed by atoms with Gasteiger partial charge >= 0.3 is 0 Å². The van der Waals surface area contributed by atoms with Gasteiger partial charge < -0.3 is 4.57 Å². The van der Waals surface area contributed by atoms with Crippen molar-refractivity contribution in [2.45, 2.75) is 32.2 Å². The lowest BCUT2D eigenvalue weighted by Crippen LogP contribution is -2.05. The number of aromatic nitrogens is 2. The zero-order valence-corrected chi connectivity index (χ0v) is 13.9. The zero-order chi connectivity index (χ0) is 15.1. The summed E-state index contributed by atoms with van der Waals surface area (Å²) in [7, 11) is 0. The Labute approximate surface area is 135 Å². The second-order valence-electron chi connectivity index (χ2n) is 4.99. The van der Waals surface area contributed by atoms with Crippen molar-refractivity contribution in [1.82, 2.24) is 9.55 Å². The number of unbranched alkanes of at least 4 members (excludes halogenated alkanes) is 2. The zero-order valence-electron chi connectivity index (χ0n) is 12.3. The van der Waals surface area contributed by atoms with Crippen LogP contribution in [0.4, 0.5) is 0 Å². The van der Waals surface area contributed by atoms with E-state index in [1.165, 1.54) is 18.6 Å². The van der Waals surface area contributed by atoms with E-state index in [4.69, 9.17) is 16.9 Å². The molecule has 1 heterocycles. The van der Waals surface area contributed by atoms with Crippen LogP contribution in [-0.4, -0.2) is 27.4 Å². The number of imidazole rings is 1. The van der Waals surface area contributed by atoms with Gasteiger partial charge in [0.05, 0.1) is 22.7 Å². The molecule has 1 aromatic heterocycles. The molecule has 2 rings (SSSR count). The molecule has 0 spiro atoms. The van der Waals surface area contributed by atoms with Crippen LogP contribution in [0.25, 0.3) is 11.0 Å². The second-order valence-corrected chi connectivity index (χ2v) is 6.35. The summed E-state index contributed by atoms with van der Waals surface area (Å²) in [6.45, 7) is 0.950. The van der Waals surface area contributed by atoms with Crippen LogP contribution in [0.2, 0.25) is 0 Å². The van der Waals surface area contributed by atoms with Crippen LogP contribution in [0.1, 0.15) is 30.7 Å². The summed E-state index contributed by atoms with van der Waals surface area (Å²) in [4.78, 5) is 4.66. The fourth-order valence-corrected chi connectivity index (χ4v) is 3.12. The lowest BCUT2D eigenvalue weighted by Gasteiger charge is -2.08. The minimum Gasteiger partial charge on any atom is -0.328 e. The number of hydrogen-bond acceptors (Lipinski definition) is 3.